The highest BCUT2D eigenvalue weighted by Gasteiger charge is 2.17. The van der Waals surface area contributed by atoms with Gasteiger partial charge in [0.25, 0.3) is 0 Å². The van der Waals surface area contributed by atoms with E-state index in [9.17, 15) is 14.5 Å². The molecule has 0 unspecified atom stereocenters. The Morgan fingerprint density at radius 1 is 1.20 bits per heavy atom. The van der Waals surface area contributed by atoms with Gasteiger partial charge in [-0.05, 0) is 25.5 Å². The second kappa shape index (κ2) is 7.94. The molecule has 0 spiro atoms. The lowest BCUT2D eigenvalue weighted by atomic mass is 10.0. The first-order valence-corrected chi connectivity index (χ1v) is 8.87. The van der Waals surface area contributed by atoms with Gasteiger partial charge in [0, 0.05) is 11.4 Å². The minimum Gasteiger partial charge on any atom is -0.505 e. The number of carbonyl (C=O) groups excluding carboxylic acids is 1. The number of rotatable bonds is 6. The monoisotopic (exact) mass is 361 g/mol. The van der Waals surface area contributed by atoms with Crippen LogP contribution in [0.15, 0.2) is 52.5 Å². The molecule has 0 aliphatic rings. The first-order valence-electron chi connectivity index (χ1n) is 7.19. The number of allylic oxidation sites excluding steroid dienone is 1. The molecule has 25 heavy (non-hydrogen) atoms. The first kappa shape index (κ1) is 18.7. The average molecular weight is 361 g/mol. The number of benzene rings is 1. The highest BCUT2D eigenvalue weighted by Crippen LogP contribution is 2.37. The predicted octanol–water partition coefficient (Wildman–Crippen LogP) is 3.56. The molecule has 2 aromatic rings. The van der Waals surface area contributed by atoms with Crippen molar-refractivity contribution in [1.82, 2.24) is 4.98 Å². The topological polar surface area (TPSA) is 132 Å². The van der Waals surface area contributed by atoms with E-state index < -0.39 is 7.60 Å². The number of pyridine rings is 1. The van der Waals surface area contributed by atoms with Crippen molar-refractivity contribution in [2.24, 2.45) is 10.2 Å². The molecular weight excluding hydrogens is 345 g/mol. The summed E-state index contributed by atoms with van der Waals surface area (Å²) in [6.07, 6.45) is 1.59. The molecule has 0 saturated carbocycles. The van der Waals surface area contributed by atoms with Crippen molar-refractivity contribution >= 4 is 25.4 Å². The van der Waals surface area contributed by atoms with Crippen LogP contribution in [-0.4, -0.2) is 26.2 Å². The van der Waals surface area contributed by atoms with Crippen LogP contribution >= 0.6 is 7.60 Å². The Morgan fingerprint density at radius 3 is 2.48 bits per heavy atom. The summed E-state index contributed by atoms with van der Waals surface area (Å²) in [6, 6.07) is 8.84. The number of carbonyl (C=O) groups is 1. The molecule has 0 atom stereocenters. The van der Waals surface area contributed by atoms with E-state index in [-0.39, 0.29) is 34.8 Å². The lowest BCUT2D eigenvalue weighted by Gasteiger charge is -2.09. The molecule has 1 heterocycles. The van der Waals surface area contributed by atoms with Crippen LogP contribution in [0, 0.1) is 6.92 Å². The van der Waals surface area contributed by atoms with E-state index in [1.54, 1.807) is 24.3 Å². The Balaban J connectivity index is 2.48. The molecule has 8 nitrogen and oxygen atoms in total. The van der Waals surface area contributed by atoms with Crippen LogP contribution in [0.3, 0.4) is 0 Å². The third-order valence-corrected chi connectivity index (χ3v) is 3.82. The van der Waals surface area contributed by atoms with Gasteiger partial charge in [-0.15, -0.1) is 10.2 Å². The Bertz CT molecular complexity index is 875. The van der Waals surface area contributed by atoms with E-state index in [0.29, 0.717) is 12.0 Å². The number of hydrogen-bond acceptors (Lipinski definition) is 6. The van der Waals surface area contributed by atoms with Gasteiger partial charge in [0.05, 0.1) is 16.9 Å². The Hall–Kier alpha value is -2.67. The summed E-state index contributed by atoms with van der Waals surface area (Å²) < 4.78 is 10.9. The minimum atomic E-state index is -4.33. The Labute approximate surface area is 143 Å². The fourth-order valence-corrected chi connectivity index (χ4v) is 2.44. The van der Waals surface area contributed by atoms with Gasteiger partial charge in [-0.25, -0.2) is 4.98 Å². The molecule has 0 saturated heterocycles. The summed E-state index contributed by atoms with van der Waals surface area (Å²) in [7, 11) is -4.33. The number of hydrogen-bond donors (Lipinski definition) is 3. The summed E-state index contributed by atoms with van der Waals surface area (Å²) in [5.41, 5.74) is 0.957. The van der Waals surface area contributed by atoms with Crippen molar-refractivity contribution in [2.45, 2.75) is 13.3 Å². The molecule has 0 amide bonds. The number of aromatic hydroxyl groups is 1. The van der Waals surface area contributed by atoms with E-state index in [1.807, 2.05) is 6.07 Å². The van der Waals surface area contributed by atoms with Crippen molar-refractivity contribution in [2.75, 3.05) is 0 Å². The fourth-order valence-electron chi connectivity index (χ4n) is 2.06. The molecule has 1 aromatic heterocycles. The largest absolute Gasteiger partial charge is 0.505 e. The number of aromatic nitrogens is 1. The maximum atomic E-state index is 11.3. The van der Waals surface area contributed by atoms with Crippen molar-refractivity contribution < 1.29 is 24.3 Å². The molecule has 0 aliphatic heterocycles. The van der Waals surface area contributed by atoms with Crippen LogP contribution in [0.2, 0.25) is 0 Å². The summed E-state index contributed by atoms with van der Waals surface area (Å²) in [5, 5.41) is 18.0. The van der Waals surface area contributed by atoms with E-state index in [0.717, 1.165) is 5.82 Å². The Kier molecular flexibility index (Phi) is 5.93. The third kappa shape index (κ3) is 5.15. The van der Waals surface area contributed by atoms with Gasteiger partial charge >= 0.3 is 7.60 Å². The van der Waals surface area contributed by atoms with Crippen LogP contribution in [0.1, 0.15) is 21.6 Å². The van der Waals surface area contributed by atoms with Gasteiger partial charge < -0.3 is 14.9 Å². The Morgan fingerprint density at radius 2 is 1.88 bits per heavy atom. The van der Waals surface area contributed by atoms with E-state index >= 15 is 0 Å². The molecule has 0 fully saturated rings. The zero-order chi connectivity index (χ0) is 18.4. The zero-order valence-electron chi connectivity index (χ0n) is 13.3. The fraction of sp³-hybridized carbons (Fsp3) is 0.125. The van der Waals surface area contributed by atoms with Crippen LogP contribution in [0.5, 0.6) is 5.75 Å². The van der Waals surface area contributed by atoms with Crippen molar-refractivity contribution in [1.29, 1.82) is 0 Å². The predicted molar refractivity (Wildman–Crippen MR) is 91.5 cm³/mol. The maximum Gasteiger partial charge on any atom is 0.348 e. The molecule has 1 aromatic carbocycles. The van der Waals surface area contributed by atoms with Crippen molar-refractivity contribution in [3.8, 4) is 5.75 Å². The lowest BCUT2D eigenvalue weighted by molar-refractivity contribution is 0.112. The third-order valence-electron chi connectivity index (χ3n) is 3.22. The number of azo groups is 1. The molecule has 9 heteroatoms. The maximum absolute atomic E-state index is 11.3. The molecule has 3 N–H and O–H groups in total. The van der Waals surface area contributed by atoms with E-state index in [4.69, 9.17) is 9.79 Å². The summed E-state index contributed by atoms with van der Waals surface area (Å²) in [5.74, 6) is 0.515. The lowest BCUT2D eigenvalue weighted by Crippen LogP contribution is -1.98. The molecule has 130 valence electrons. The van der Waals surface area contributed by atoms with E-state index in [2.05, 4.69) is 15.2 Å². The van der Waals surface area contributed by atoms with Gasteiger partial charge in [0.1, 0.15) is 5.75 Å². The SMILES string of the molecule is Cc1nc(N=Nc2ccccc2)c(C/C=C/P(=O)(O)O)c(C=O)c1O. The van der Waals surface area contributed by atoms with Gasteiger partial charge in [0.15, 0.2) is 12.1 Å². The molecule has 0 aliphatic carbocycles. The average Bonchev–Trinajstić information content (AvgIpc) is 2.56. The standard InChI is InChI=1S/C16H16N3O5P/c1-11-15(21)14(10-20)13(8-5-9-25(22,23)24)16(17-11)19-18-12-6-3-2-4-7-12/h2-7,9-10,21H,8H2,1H3,(H2,22,23,24)/b9-5+,19-18?. The van der Waals surface area contributed by atoms with Crippen LogP contribution in [-0.2, 0) is 11.0 Å². The van der Waals surface area contributed by atoms with Crippen molar-refractivity contribution in [3.05, 3.63) is 59.0 Å². The molecular formula is C16H16N3O5P. The second-order valence-electron chi connectivity index (χ2n) is 5.09. The van der Waals surface area contributed by atoms with Crippen molar-refractivity contribution in [3.63, 3.8) is 0 Å². The molecule has 0 bridgehead atoms. The highest BCUT2D eigenvalue weighted by molar-refractivity contribution is 7.55. The first-order chi connectivity index (χ1) is 11.8. The summed E-state index contributed by atoms with van der Waals surface area (Å²) in [6.45, 7) is 1.51. The second-order valence-corrected chi connectivity index (χ2v) is 6.57. The normalized spacial score (nSPS) is 12.1. The summed E-state index contributed by atoms with van der Waals surface area (Å²) >= 11 is 0. The quantitative estimate of drug-likeness (QED) is 0.409. The highest BCUT2D eigenvalue weighted by atomic mass is 31.2. The van der Waals surface area contributed by atoms with Gasteiger partial charge in [-0.2, -0.15) is 0 Å². The minimum absolute atomic E-state index is 0.0372. The zero-order valence-corrected chi connectivity index (χ0v) is 14.2. The van der Waals surface area contributed by atoms with Gasteiger partial charge in [-0.1, -0.05) is 24.3 Å². The van der Waals surface area contributed by atoms with E-state index in [1.165, 1.54) is 13.0 Å². The molecule has 0 radical (unpaired) electrons. The summed E-state index contributed by atoms with van der Waals surface area (Å²) in [4.78, 5) is 33.2. The smallest absolute Gasteiger partial charge is 0.348 e. The number of nitrogens with zero attached hydrogens (tertiary/aromatic N) is 3. The van der Waals surface area contributed by atoms with Gasteiger partial charge in [0.2, 0.25) is 0 Å². The van der Waals surface area contributed by atoms with Crippen LogP contribution in [0.4, 0.5) is 11.5 Å². The number of aryl methyl sites for hydroxylation is 1. The van der Waals surface area contributed by atoms with Crippen LogP contribution < -0.4 is 0 Å². The molecule has 2 rings (SSSR count). The van der Waals surface area contributed by atoms with Crippen LogP contribution in [0.25, 0.3) is 0 Å². The number of aldehydes is 1. The van der Waals surface area contributed by atoms with Gasteiger partial charge in [-0.3, -0.25) is 9.36 Å².